The molecule has 0 heterocycles. The van der Waals surface area contributed by atoms with E-state index in [0.717, 1.165) is 18.2 Å². The summed E-state index contributed by atoms with van der Waals surface area (Å²) in [6.07, 6.45) is 0. The van der Waals surface area contributed by atoms with Crippen LogP contribution >= 0.6 is 0 Å². The summed E-state index contributed by atoms with van der Waals surface area (Å²) in [6.45, 7) is 3.36. The molecule has 0 aliphatic heterocycles. The Morgan fingerprint density at radius 3 is 2.27 bits per heavy atom. The van der Waals surface area contributed by atoms with Gasteiger partial charge in [0.2, 0.25) is 20.0 Å². The maximum absolute atomic E-state index is 14.1. The average Bonchev–Trinajstić information content (AvgIpc) is 2.65. The second kappa shape index (κ2) is 9.65. The quantitative estimate of drug-likeness (QED) is 0.527. The number of amides is 1. The van der Waals surface area contributed by atoms with E-state index in [0.29, 0.717) is 11.1 Å². The number of hydrogen-bond donors (Lipinski definition) is 3. The van der Waals surface area contributed by atoms with E-state index >= 15 is 0 Å². The third kappa shape index (κ3) is 6.33. The van der Waals surface area contributed by atoms with Crippen LogP contribution in [0.4, 0.5) is 4.39 Å². The van der Waals surface area contributed by atoms with Gasteiger partial charge in [-0.2, -0.15) is 0 Å². The number of carbonyl (C=O) groups is 1. The molecule has 2 rings (SSSR count). The van der Waals surface area contributed by atoms with Crippen LogP contribution in [0.15, 0.2) is 47.4 Å². The SMILES string of the molecule is CNS(=O)(=O)c1ccc(F)c(C(=O)NCc2ccccc2CS(=O)(=O)NC(C)C)c1. The van der Waals surface area contributed by atoms with E-state index in [2.05, 4.69) is 14.8 Å². The van der Waals surface area contributed by atoms with Crippen LogP contribution in [-0.4, -0.2) is 35.8 Å². The molecular weight excluding hydrogens is 433 g/mol. The zero-order valence-corrected chi connectivity index (χ0v) is 18.4. The van der Waals surface area contributed by atoms with Crippen LogP contribution in [0.5, 0.6) is 0 Å². The highest BCUT2D eigenvalue weighted by Gasteiger charge is 2.19. The summed E-state index contributed by atoms with van der Waals surface area (Å²) in [7, 11) is -6.21. The highest BCUT2D eigenvalue weighted by molar-refractivity contribution is 7.89. The second-order valence-corrected chi connectivity index (χ2v) is 10.5. The van der Waals surface area contributed by atoms with Crippen LogP contribution in [-0.2, 0) is 32.3 Å². The van der Waals surface area contributed by atoms with Crippen LogP contribution in [0.25, 0.3) is 0 Å². The fourth-order valence-electron chi connectivity index (χ4n) is 2.71. The van der Waals surface area contributed by atoms with Gasteiger partial charge in [0.1, 0.15) is 5.82 Å². The highest BCUT2D eigenvalue weighted by Crippen LogP contribution is 2.16. The van der Waals surface area contributed by atoms with Crippen LogP contribution in [0.3, 0.4) is 0 Å². The van der Waals surface area contributed by atoms with Crippen LogP contribution < -0.4 is 14.8 Å². The molecule has 3 N–H and O–H groups in total. The van der Waals surface area contributed by atoms with Crippen molar-refractivity contribution in [3.05, 3.63) is 65.0 Å². The molecule has 0 aliphatic rings. The van der Waals surface area contributed by atoms with Gasteiger partial charge in [0.15, 0.2) is 0 Å². The summed E-state index contributed by atoms with van der Waals surface area (Å²) < 4.78 is 66.9. The van der Waals surface area contributed by atoms with Crippen molar-refractivity contribution in [2.75, 3.05) is 7.05 Å². The minimum atomic E-state index is -3.85. The van der Waals surface area contributed by atoms with E-state index in [1.165, 1.54) is 7.05 Å². The van der Waals surface area contributed by atoms with Crippen LogP contribution in [0.1, 0.15) is 35.3 Å². The fourth-order valence-corrected chi connectivity index (χ4v) is 4.96. The van der Waals surface area contributed by atoms with Gasteiger partial charge in [-0.05, 0) is 50.2 Å². The van der Waals surface area contributed by atoms with Crippen LogP contribution in [0.2, 0.25) is 0 Å². The summed E-state index contributed by atoms with van der Waals surface area (Å²) in [5.74, 6) is -1.97. The van der Waals surface area contributed by atoms with Gasteiger partial charge in [-0.3, -0.25) is 4.79 Å². The fraction of sp³-hybridized carbons (Fsp3) is 0.316. The Hall–Kier alpha value is -2.34. The van der Waals surface area contributed by atoms with E-state index in [1.54, 1.807) is 38.1 Å². The maximum atomic E-state index is 14.1. The van der Waals surface area contributed by atoms with Gasteiger partial charge in [0, 0.05) is 12.6 Å². The molecule has 0 aromatic heterocycles. The number of sulfonamides is 2. The van der Waals surface area contributed by atoms with Crippen molar-refractivity contribution in [1.82, 2.24) is 14.8 Å². The molecule has 164 valence electrons. The van der Waals surface area contributed by atoms with Crippen molar-refractivity contribution in [1.29, 1.82) is 0 Å². The van der Waals surface area contributed by atoms with E-state index < -0.39 is 37.3 Å². The number of nitrogens with one attached hydrogen (secondary N) is 3. The molecule has 0 bridgehead atoms. The molecule has 0 spiro atoms. The molecule has 2 aromatic carbocycles. The summed E-state index contributed by atoms with van der Waals surface area (Å²) in [4.78, 5) is 12.2. The van der Waals surface area contributed by atoms with Gasteiger partial charge >= 0.3 is 0 Å². The highest BCUT2D eigenvalue weighted by atomic mass is 32.2. The Labute approximate surface area is 176 Å². The summed E-state index contributed by atoms with van der Waals surface area (Å²) in [6, 6.07) is 9.29. The van der Waals surface area contributed by atoms with Crippen molar-refractivity contribution >= 4 is 26.0 Å². The van der Waals surface area contributed by atoms with E-state index in [1.807, 2.05) is 0 Å². The lowest BCUT2D eigenvalue weighted by atomic mass is 10.1. The monoisotopic (exact) mass is 457 g/mol. The third-order valence-corrected chi connectivity index (χ3v) is 7.01. The van der Waals surface area contributed by atoms with E-state index in [-0.39, 0.29) is 23.2 Å². The molecule has 0 saturated carbocycles. The molecule has 0 fully saturated rings. The van der Waals surface area contributed by atoms with Crippen molar-refractivity contribution in [2.24, 2.45) is 0 Å². The summed E-state index contributed by atoms with van der Waals surface area (Å²) >= 11 is 0. The predicted molar refractivity (Wildman–Crippen MR) is 111 cm³/mol. The molecule has 1 amide bonds. The van der Waals surface area contributed by atoms with Crippen molar-refractivity contribution in [2.45, 2.75) is 37.1 Å². The minimum Gasteiger partial charge on any atom is -0.348 e. The first-order valence-electron chi connectivity index (χ1n) is 9.03. The second-order valence-electron chi connectivity index (χ2n) is 6.83. The zero-order valence-electron chi connectivity index (χ0n) is 16.8. The molecule has 8 nitrogen and oxygen atoms in total. The van der Waals surface area contributed by atoms with Crippen molar-refractivity contribution in [3.63, 3.8) is 0 Å². The number of halogens is 1. The molecule has 11 heteroatoms. The molecule has 0 atom stereocenters. The molecule has 0 aliphatic carbocycles. The normalized spacial score (nSPS) is 12.2. The lowest BCUT2D eigenvalue weighted by Gasteiger charge is -2.14. The first-order valence-corrected chi connectivity index (χ1v) is 12.2. The largest absolute Gasteiger partial charge is 0.348 e. The van der Waals surface area contributed by atoms with E-state index in [9.17, 15) is 26.0 Å². The topological polar surface area (TPSA) is 121 Å². The number of benzene rings is 2. The molecule has 0 unspecified atom stereocenters. The van der Waals surface area contributed by atoms with E-state index in [4.69, 9.17) is 0 Å². The standard InChI is InChI=1S/C19H24FN3O5S2/c1-13(2)23-29(25,26)12-15-7-5-4-6-14(15)11-22-19(24)17-10-16(8-9-18(17)20)30(27,28)21-3/h4-10,13,21,23H,11-12H2,1-3H3,(H,22,24). The molecular formula is C19H24FN3O5S2. The minimum absolute atomic E-state index is 0.0609. The van der Waals surface area contributed by atoms with Gasteiger partial charge in [-0.15, -0.1) is 0 Å². The molecule has 0 radical (unpaired) electrons. The third-order valence-electron chi connectivity index (χ3n) is 4.08. The first kappa shape index (κ1) is 23.9. The Bertz CT molecular complexity index is 1130. The van der Waals surface area contributed by atoms with Crippen molar-refractivity contribution in [3.8, 4) is 0 Å². The lowest BCUT2D eigenvalue weighted by Crippen LogP contribution is -2.32. The summed E-state index contributed by atoms with van der Waals surface area (Å²) in [5.41, 5.74) is 0.593. The Morgan fingerprint density at radius 1 is 1.03 bits per heavy atom. The lowest BCUT2D eigenvalue weighted by molar-refractivity contribution is 0.0946. The van der Waals surface area contributed by atoms with Crippen LogP contribution in [0, 0.1) is 5.82 Å². The molecule has 0 saturated heterocycles. The molecule has 30 heavy (non-hydrogen) atoms. The maximum Gasteiger partial charge on any atom is 0.254 e. The average molecular weight is 458 g/mol. The number of carbonyl (C=O) groups excluding carboxylic acids is 1. The first-order chi connectivity index (χ1) is 13.9. The molecule has 2 aromatic rings. The smallest absolute Gasteiger partial charge is 0.254 e. The number of hydrogen-bond acceptors (Lipinski definition) is 5. The van der Waals surface area contributed by atoms with Gasteiger partial charge in [-0.25, -0.2) is 30.7 Å². The summed E-state index contributed by atoms with van der Waals surface area (Å²) in [5, 5.41) is 2.51. The Kier molecular flexibility index (Phi) is 7.70. The number of rotatable bonds is 9. The van der Waals surface area contributed by atoms with Gasteiger partial charge < -0.3 is 5.32 Å². The van der Waals surface area contributed by atoms with Gasteiger partial charge in [0.05, 0.1) is 16.2 Å². The van der Waals surface area contributed by atoms with Crippen molar-refractivity contribution < 1.29 is 26.0 Å². The Morgan fingerprint density at radius 2 is 1.67 bits per heavy atom. The Balaban J connectivity index is 2.21. The zero-order chi connectivity index (χ0) is 22.5. The van der Waals surface area contributed by atoms with Gasteiger partial charge in [0.25, 0.3) is 5.91 Å². The van der Waals surface area contributed by atoms with Gasteiger partial charge in [-0.1, -0.05) is 24.3 Å². The predicted octanol–water partition coefficient (Wildman–Crippen LogP) is 1.49.